The van der Waals surface area contributed by atoms with E-state index in [4.69, 9.17) is 16.0 Å². The van der Waals surface area contributed by atoms with Gasteiger partial charge in [0.15, 0.2) is 0 Å². The summed E-state index contributed by atoms with van der Waals surface area (Å²) in [5.41, 5.74) is 1.55. The fourth-order valence-electron chi connectivity index (χ4n) is 2.08. The van der Waals surface area contributed by atoms with Gasteiger partial charge in [0.1, 0.15) is 11.5 Å². The number of rotatable bonds is 3. The molecule has 0 saturated carbocycles. The van der Waals surface area contributed by atoms with Gasteiger partial charge in [-0.2, -0.15) is 0 Å². The standard InChI is InChI=1S/C15H15ClINO2/c1-8-6-12(10(3)20-8)9(2)18-15(19)11-4-5-14(17)13(16)7-11/h4-7,9H,1-3H3,(H,18,19). The van der Waals surface area contributed by atoms with Gasteiger partial charge in [-0.1, -0.05) is 11.6 Å². The predicted octanol–water partition coefficient (Wildman–Crippen LogP) is 4.65. The lowest BCUT2D eigenvalue weighted by molar-refractivity contribution is 0.0939. The van der Waals surface area contributed by atoms with Gasteiger partial charge >= 0.3 is 0 Å². The molecule has 1 unspecified atom stereocenters. The number of nitrogens with one attached hydrogen (secondary N) is 1. The number of amides is 1. The maximum absolute atomic E-state index is 12.2. The summed E-state index contributed by atoms with van der Waals surface area (Å²) in [6.45, 7) is 5.72. The summed E-state index contributed by atoms with van der Waals surface area (Å²) in [5, 5.41) is 3.54. The molecule has 106 valence electrons. The molecule has 1 heterocycles. The molecule has 2 rings (SSSR count). The molecule has 2 aromatic rings. The van der Waals surface area contributed by atoms with Crippen molar-refractivity contribution >= 4 is 40.1 Å². The SMILES string of the molecule is Cc1cc(C(C)NC(=O)c2ccc(I)c(Cl)c2)c(C)o1. The summed E-state index contributed by atoms with van der Waals surface area (Å²) in [4.78, 5) is 12.2. The molecule has 0 radical (unpaired) electrons. The van der Waals surface area contributed by atoms with Gasteiger partial charge in [0.2, 0.25) is 0 Å². The summed E-state index contributed by atoms with van der Waals surface area (Å²) < 4.78 is 6.41. The third-order valence-electron chi connectivity index (χ3n) is 3.08. The number of furan rings is 1. The highest BCUT2D eigenvalue weighted by Crippen LogP contribution is 2.23. The van der Waals surface area contributed by atoms with Gasteiger partial charge in [0.05, 0.1) is 11.1 Å². The van der Waals surface area contributed by atoms with E-state index >= 15 is 0 Å². The molecule has 20 heavy (non-hydrogen) atoms. The van der Waals surface area contributed by atoms with Crippen LogP contribution in [0.1, 0.15) is 40.4 Å². The first-order valence-electron chi connectivity index (χ1n) is 6.21. The van der Waals surface area contributed by atoms with Crippen LogP contribution in [0.5, 0.6) is 0 Å². The Hall–Kier alpha value is -1.01. The molecule has 1 atom stereocenters. The highest BCUT2D eigenvalue weighted by atomic mass is 127. The van der Waals surface area contributed by atoms with Crippen LogP contribution >= 0.6 is 34.2 Å². The molecular weight excluding hydrogens is 389 g/mol. The molecule has 0 bridgehead atoms. The fraction of sp³-hybridized carbons (Fsp3) is 0.267. The topological polar surface area (TPSA) is 42.2 Å². The van der Waals surface area contributed by atoms with Crippen LogP contribution in [0.3, 0.4) is 0 Å². The maximum atomic E-state index is 12.2. The van der Waals surface area contributed by atoms with Gasteiger partial charge in [-0.05, 0) is 67.6 Å². The highest BCUT2D eigenvalue weighted by molar-refractivity contribution is 14.1. The summed E-state index contributed by atoms with van der Waals surface area (Å²) in [7, 11) is 0. The monoisotopic (exact) mass is 403 g/mol. The summed E-state index contributed by atoms with van der Waals surface area (Å²) >= 11 is 8.17. The Bertz CT molecular complexity index is 651. The number of aryl methyl sites for hydroxylation is 2. The molecule has 5 heteroatoms. The van der Waals surface area contributed by atoms with Gasteiger partial charge in [0, 0.05) is 14.7 Å². The largest absolute Gasteiger partial charge is 0.466 e. The van der Waals surface area contributed by atoms with Crippen LogP contribution in [0.25, 0.3) is 0 Å². The van der Waals surface area contributed by atoms with Crippen LogP contribution in [-0.2, 0) is 0 Å². The van der Waals surface area contributed by atoms with E-state index in [1.165, 1.54) is 0 Å². The molecule has 0 fully saturated rings. The highest BCUT2D eigenvalue weighted by Gasteiger charge is 2.16. The van der Waals surface area contributed by atoms with Gasteiger partial charge in [-0.25, -0.2) is 0 Å². The molecule has 3 nitrogen and oxygen atoms in total. The van der Waals surface area contributed by atoms with Gasteiger partial charge in [-0.15, -0.1) is 0 Å². The zero-order valence-electron chi connectivity index (χ0n) is 11.5. The van der Waals surface area contributed by atoms with Crippen molar-refractivity contribution in [2.75, 3.05) is 0 Å². The first kappa shape index (κ1) is 15.4. The Balaban J connectivity index is 2.15. The lowest BCUT2D eigenvalue weighted by Crippen LogP contribution is -2.26. The zero-order chi connectivity index (χ0) is 14.9. The van der Waals surface area contributed by atoms with Crippen molar-refractivity contribution in [3.63, 3.8) is 0 Å². The number of hydrogen-bond acceptors (Lipinski definition) is 2. The van der Waals surface area contributed by atoms with Crippen molar-refractivity contribution in [3.05, 3.63) is 55.5 Å². The van der Waals surface area contributed by atoms with Gasteiger partial charge < -0.3 is 9.73 Å². The minimum atomic E-state index is -0.144. The van der Waals surface area contributed by atoms with Crippen molar-refractivity contribution in [1.29, 1.82) is 0 Å². The smallest absolute Gasteiger partial charge is 0.251 e. The maximum Gasteiger partial charge on any atom is 0.251 e. The molecule has 1 aromatic carbocycles. The van der Waals surface area contributed by atoms with E-state index in [2.05, 4.69) is 27.9 Å². The second-order valence-corrected chi connectivity index (χ2v) is 6.26. The predicted molar refractivity (Wildman–Crippen MR) is 88.2 cm³/mol. The van der Waals surface area contributed by atoms with E-state index in [0.29, 0.717) is 10.6 Å². The Morgan fingerprint density at radius 2 is 2.05 bits per heavy atom. The number of hydrogen-bond donors (Lipinski definition) is 1. The second kappa shape index (κ2) is 6.18. The van der Waals surface area contributed by atoms with Crippen molar-refractivity contribution in [3.8, 4) is 0 Å². The number of benzene rings is 1. The molecule has 1 N–H and O–H groups in total. The molecule has 0 spiro atoms. The molecule has 1 aromatic heterocycles. The first-order chi connectivity index (χ1) is 9.38. The van der Waals surface area contributed by atoms with Crippen LogP contribution in [0.4, 0.5) is 0 Å². The van der Waals surface area contributed by atoms with Gasteiger partial charge in [0.25, 0.3) is 5.91 Å². The van der Waals surface area contributed by atoms with Crippen molar-refractivity contribution in [2.45, 2.75) is 26.8 Å². The molecule has 0 saturated heterocycles. The van der Waals surface area contributed by atoms with E-state index < -0.39 is 0 Å². The van der Waals surface area contributed by atoms with Gasteiger partial charge in [-0.3, -0.25) is 4.79 Å². The average molecular weight is 404 g/mol. The molecule has 0 aliphatic carbocycles. The molecule has 0 aliphatic heterocycles. The molecule has 0 aliphatic rings. The van der Waals surface area contributed by atoms with E-state index in [1.54, 1.807) is 12.1 Å². The average Bonchev–Trinajstić information content (AvgIpc) is 2.71. The van der Waals surface area contributed by atoms with Crippen molar-refractivity contribution in [1.82, 2.24) is 5.32 Å². The zero-order valence-corrected chi connectivity index (χ0v) is 14.4. The van der Waals surface area contributed by atoms with Crippen LogP contribution < -0.4 is 5.32 Å². The van der Waals surface area contributed by atoms with Crippen LogP contribution in [0, 0.1) is 17.4 Å². The summed E-state index contributed by atoms with van der Waals surface area (Å²) in [5.74, 6) is 1.53. The van der Waals surface area contributed by atoms with Crippen LogP contribution in [0.15, 0.2) is 28.7 Å². The Morgan fingerprint density at radius 3 is 2.60 bits per heavy atom. The van der Waals surface area contributed by atoms with Crippen molar-refractivity contribution in [2.24, 2.45) is 0 Å². The first-order valence-corrected chi connectivity index (χ1v) is 7.67. The minimum Gasteiger partial charge on any atom is -0.466 e. The molecule has 1 amide bonds. The fourth-order valence-corrected chi connectivity index (χ4v) is 2.59. The number of carbonyl (C=O) groups is 1. The minimum absolute atomic E-state index is 0.113. The van der Waals surface area contributed by atoms with E-state index in [1.807, 2.05) is 32.9 Å². The Kier molecular flexibility index (Phi) is 4.75. The Morgan fingerprint density at radius 1 is 1.35 bits per heavy atom. The third kappa shape index (κ3) is 3.35. The van der Waals surface area contributed by atoms with E-state index in [-0.39, 0.29) is 11.9 Å². The number of carbonyl (C=O) groups excluding carboxylic acids is 1. The molecular formula is C15H15ClINO2. The van der Waals surface area contributed by atoms with E-state index in [0.717, 1.165) is 20.7 Å². The lowest BCUT2D eigenvalue weighted by atomic mass is 10.1. The third-order valence-corrected chi connectivity index (χ3v) is 4.65. The Labute approximate surface area is 136 Å². The van der Waals surface area contributed by atoms with Crippen LogP contribution in [0.2, 0.25) is 5.02 Å². The van der Waals surface area contributed by atoms with Crippen LogP contribution in [-0.4, -0.2) is 5.91 Å². The lowest BCUT2D eigenvalue weighted by Gasteiger charge is -2.13. The summed E-state index contributed by atoms with van der Waals surface area (Å²) in [6, 6.07) is 7.11. The summed E-state index contributed by atoms with van der Waals surface area (Å²) in [6.07, 6.45) is 0. The van der Waals surface area contributed by atoms with E-state index in [9.17, 15) is 4.79 Å². The number of halogens is 2. The second-order valence-electron chi connectivity index (χ2n) is 4.69. The quantitative estimate of drug-likeness (QED) is 0.758. The van der Waals surface area contributed by atoms with Crippen molar-refractivity contribution < 1.29 is 9.21 Å². The normalized spacial score (nSPS) is 12.2.